The predicted molar refractivity (Wildman–Crippen MR) is 63.0 cm³/mol. The van der Waals surface area contributed by atoms with Gasteiger partial charge >= 0.3 is 0 Å². The van der Waals surface area contributed by atoms with Crippen LogP contribution >= 0.6 is 0 Å². The molecule has 0 saturated heterocycles. The molecule has 2 rings (SSSR count). The summed E-state index contributed by atoms with van der Waals surface area (Å²) in [5, 5.41) is 2.72. The van der Waals surface area contributed by atoms with Crippen molar-refractivity contribution in [2.45, 2.75) is 0 Å². The van der Waals surface area contributed by atoms with Crippen molar-refractivity contribution in [3.63, 3.8) is 0 Å². The summed E-state index contributed by atoms with van der Waals surface area (Å²) in [6.07, 6.45) is 3.23. The first kappa shape index (κ1) is 10.2. The zero-order valence-corrected chi connectivity index (χ0v) is 8.55. The van der Waals surface area contributed by atoms with Gasteiger partial charge in [-0.1, -0.05) is 12.1 Å². The maximum Gasteiger partial charge on any atom is 0.257 e. The number of nitrogens with two attached hydrogens (primary N) is 1. The summed E-state index contributed by atoms with van der Waals surface area (Å²) < 4.78 is 0. The average Bonchev–Trinajstić information content (AvgIpc) is 2.31. The van der Waals surface area contributed by atoms with Crippen molar-refractivity contribution in [1.82, 2.24) is 4.98 Å². The Balaban J connectivity index is 2.19. The average molecular weight is 213 g/mol. The van der Waals surface area contributed by atoms with Gasteiger partial charge in [0.25, 0.3) is 5.91 Å². The largest absolute Gasteiger partial charge is 0.398 e. The van der Waals surface area contributed by atoms with Crippen LogP contribution in [-0.2, 0) is 0 Å². The summed E-state index contributed by atoms with van der Waals surface area (Å²) in [5.74, 6) is -0.230. The van der Waals surface area contributed by atoms with Crippen molar-refractivity contribution in [2.75, 3.05) is 11.1 Å². The number of benzene rings is 1. The highest BCUT2D eigenvalue weighted by molar-refractivity contribution is 6.07. The molecule has 16 heavy (non-hydrogen) atoms. The van der Waals surface area contributed by atoms with Crippen LogP contribution < -0.4 is 11.1 Å². The van der Waals surface area contributed by atoms with Gasteiger partial charge in [-0.05, 0) is 24.3 Å². The summed E-state index contributed by atoms with van der Waals surface area (Å²) in [6.45, 7) is 0. The van der Waals surface area contributed by atoms with Crippen LogP contribution in [0.25, 0.3) is 0 Å². The Hall–Kier alpha value is -2.36. The van der Waals surface area contributed by atoms with Gasteiger partial charge in [-0.2, -0.15) is 0 Å². The minimum atomic E-state index is -0.230. The lowest BCUT2D eigenvalue weighted by Gasteiger charge is -2.06. The SMILES string of the molecule is Nc1ccccc1C(=O)Nc1cccnc1. The van der Waals surface area contributed by atoms with Gasteiger partial charge < -0.3 is 11.1 Å². The summed E-state index contributed by atoms with van der Waals surface area (Å²) in [6, 6.07) is 10.5. The monoisotopic (exact) mass is 213 g/mol. The van der Waals surface area contributed by atoms with Gasteiger partial charge in [-0.15, -0.1) is 0 Å². The van der Waals surface area contributed by atoms with E-state index in [9.17, 15) is 4.79 Å². The number of hydrogen-bond donors (Lipinski definition) is 2. The van der Waals surface area contributed by atoms with E-state index in [1.165, 1.54) is 0 Å². The second kappa shape index (κ2) is 4.44. The van der Waals surface area contributed by atoms with Gasteiger partial charge in [0, 0.05) is 11.9 Å². The smallest absolute Gasteiger partial charge is 0.257 e. The number of carbonyl (C=O) groups excluding carboxylic acids is 1. The molecule has 0 spiro atoms. The molecule has 4 nitrogen and oxygen atoms in total. The first-order valence-electron chi connectivity index (χ1n) is 4.83. The zero-order valence-electron chi connectivity index (χ0n) is 8.55. The molecule has 0 fully saturated rings. The second-order valence-corrected chi connectivity index (χ2v) is 3.28. The number of nitrogens with one attached hydrogen (secondary N) is 1. The zero-order chi connectivity index (χ0) is 11.4. The highest BCUT2D eigenvalue weighted by Gasteiger charge is 2.08. The Kier molecular flexibility index (Phi) is 2.82. The number of aromatic nitrogens is 1. The minimum Gasteiger partial charge on any atom is -0.398 e. The first-order chi connectivity index (χ1) is 7.77. The summed E-state index contributed by atoms with van der Waals surface area (Å²) >= 11 is 0. The van der Waals surface area contributed by atoms with Crippen LogP contribution in [0.3, 0.4) is 0 Å². The van der Waals surface area contributed by atoms with Crippen LogP contribution in [0.5, 0.6) is 0 Å². The number of carbonyl (C=O) groups is 1. The van der Waals surface area contributed by atoms with Crippen molar-refractivity contribution in [3.05, 3.63) is 54.4 Å². The third-order valence-electron chi connectivity index (χ3n) is 2.12. The lowest BCUT2D eigenvalue weighted by atomic mass is 10.1. The highest BCUT2D eigenvalue weighted by Crippen LogP contribution is 2.13. The molecule has 0 aliphatic heterocycles. The summed E-state index contributed by atoms with van der Waals surface area (Å²) in [7, 11) is 0. The molecule has 2 aromatic rings. The van der Waals surface area contributed by atoms with E-state index in [-0.39, 0.29) is 5.91 Å². The molecule has 4 heteroatoms. The van der Waals surface area contributed by atoms with Crippen molar-refractivity contribution < 1.29 is 4.79 Å². The molecule has 1 aromatic heterocycles. The first-order valence-corrected chi connectivity index (χ1v) is 4.83. The molecule has 0 saturated carbocycles. The molecule has 0 aliphatic carbocycles. The molecule has 0 unspecified atom stereocenters. The normalized spacial score (nSPS) is 9.75. The Morgan fingerprint density at radius 3 is 2.69 bits per heavy atom. The molecule has 3 N–H and O–H groups in total. The molecule has 0 bridgehead atoms. The Labute approximate surface area is 93.1 Å². The van der Waals surface area contributed by atoms with E-state index in [0.29, 0.717) is 16.9 Å². The quantitative estimate of drug-likeness (QED) is 0.749. The van der Waals surface area contributed by atoms with Crippen LogP contribution in [0.2, 0.25) is 0 Å². The van der Waals surface area contributed by atoms with Crippen molar-refractivity contribution in [3.8, 4) is 0 Å². The number of pyridine rings is 1. The number of nitrogen functional groups attached to an aromatic ring is 1. The fourth-order valence-electron chi connectivity index (χ4n) is 1.34. The molecular formula is C12H11N3O. The van der Waals surface area contributed by atoms with E-state index in [2.05, 4.69) is 10.3 Å². The topological polar surface area (TPSA) is 68.0 Å². The maximum absolute atomic E-state index is 11.8. The second-order valence-electron chi connectivity index (χ2n) is 3.28. The van der Waals surface area contributed by atoms with Crippen LogP contribution in [0.15, 0.2) is 48.8 Å². The van der Waals surface area contributed by atoms with Gasteiger partial charge in [-0.3, -0.25) is 9.78 Å². The van der Waals surface area contributed by atoms with E-state index in [0.717, 1.165) is 0 Å². The number of para-hydroxylation sites is 1. The van der Waals surface area contributed by atoms with E-state index in [4.69, 9.17) is 5.73 Å². The van der Waals surface area contributed by atoms with Crippen LogP contribution in [0.1, 0.15) is 10.4 Å². The van der Waals surface area contributed by atoms with Gasteiger partial charge in [-0.25, -0.2) is 0 Å². The number of amides is 1. The standard InChI is InChI=1S/C12H11N3O/c13-11-6-2-1-5-10(11)12(16)15-9-4-3-7-14-8-9/h1-8H,13H2,(H,15,16). The van der Waals surface area contributed by atoms with Crippen molar-refractivity contribution in [2.24, 2.45) is 0 Å². The molecule has 0 aliphatic rings. The number of nitrogens with zero attached hydrogens (tertiary/aromatic N) is 1. The molecular weight excluding hydrogens is 202 g/mol. The fraction of sp³-hybridized carbons (Fsp3) is 0. The van der Waals surface area contributed by atoms with E-state index >= 15 is 0 Å². The van der Waals surface area contributed by atoms with E-state index in [1.807, 2.05) is 0 Å². The molecule has 0 radical (unpaired) electrons. The number of rotatable bonds is 2. The number of hydrogen-bond acceptors (Lipinski definition) is 3. The maximum atomic E-state index is 11.8. The van der Waals surface area contributed by atoms with E-state index in [1.54, 1.807) is 48.8 Å². The van der Waals surface area contributed by atoms with Gasteiger partial charge in [0.2, 0.25) is 0 Å². The molecule has 1 amide bonds. The fourth-order valence-corrected chi connectivity index (χ4v) is 1.34. The number of anilines is 2. The molecule has 80 valence electrons. The Morgan fingerprint density at radius 1 is 1.19 bits per heavy atom. The molecule has 0 atom stereocenters. The molecule has 1 aromatic carbocycles. The minimum absolute atomic E-state index is 0.230. The van der Waals surface area contributed by atoms with E-state index < -0.39 is 0 Å². The van der Waals surface area contributed by atoms with Crippen LogP contribution in [0.4, 0.5) is 11.4 Å². The Bertz CT molecular complexity index is 497. The van der Waals surface area contributed by atoms with Crippen molar-refractivity contribution in [1.29, 1.82) is 0 Å². The third kappa shape index (κ3) is 2.17. The van der Waals surface area contributed by atoms with Crippen LogP contribution in [-0.4, -0.2) is 10.9 Å². The lowest BCUT2D eigenvalue weighted by molar-refractivity contribution is 0.102. The summed E-state index contributed by atoms with van der Waals surface area (Å²) in [4.78, 5) is 15.7. The predicted octanol–water partition coefficient (Wildman–Crippen LogP) is 1.92. The molecule has 1 heterocycles. The summed E-state index contributed by atoms with van der Waals surface area (Å²) in [5.41, 5.74) is 7.27. The lowest BCUT2D eigenvalue weighted by Crippen LogP contribution is -2.13. The van der Waals surface area contributed by atoms with Gasteiger partial charge in [0.1, 0.15) is 0 Å². The highest BCUT2D eigenvalue weighted by atomic mass is 16.1. The third-order valence-corrected chi connectivity index (χ3v) is 2.12. The van der Waals surface area contributed by atoms with Gasteiger partial charge in [0.15, 0.2) is 0 Å². The Morgan fingerprint density at radius 2 is 2.00 bits per heavy atom. The van der Waals surface area contributed by atoms with Crippen LogP contribution in [0, 0.1) is 0 Å². The van der Waals surface area contributed by atoms with Gasteiger partial charge in [0.05, 0.1) is 17.4 Å². The van der Waals surface area contributed by atoms with Crippen molar-refractivity contribution >= 4 is 17.3 Å².